The Morgan fingerprint density at radius 3 is 2.33 bits per heavy atom. The molecule has 88 valence electrons. The second-order valence-corrected chi connectivity index (χ2v) is 5.51. The van der Waals surface area contributed by atoms with Gasteiger partial charge in [0, 0.05) is 11.6 Å². The van der Waals surface area contributed by atoms with Gasteiger partial charge in [0.05, 0.1) is 0 Å². The summed E-state index contributed by atoms with van der Waals surface area (Å²) in [5.41, 5.74) is 0.395. The smallest absolute Gasteiger partial charge is 0.0334 e. The van der Waals surface area contributed by atoms with E-state index in [0.29, 0.717) is 11.6 Å². The number of nitrogens with one attached hydrogen (secondary N) is 1. The molecule has 2 fully saturated rings. The van der Waals surface area contributed by atoms with Crippen molar-refractivity contribution >= 4 is 0 Å². The highest BCUT2D eigenvalue weighted by Gasteiger charge is 2.45. The summed E-state index contributed by atoms with van der Waals surface area (Å²) in [6, 6.07) is 0.709. The van der Waals surface area contributed by atoms with Crippen LogP contribution in [0.2, 0.25) is 0 Å². The van der Waals surface area contributed by atoms with Crippen LogP contribution in [0.3, 0.4) is 0 Å². The Kier molecular flexibility index (Phi) is 3.36. The van der Waals surface area contributed by atoms with Gasteiger partial charge in [0.1, 0.15) is 0 Å². The van der Waals surface area contributed by atoms with Crippen LogP contribution in [0.25, 0.3) is 0 Å². The SMILES string of the molecule is CCC(C)(C(NC)C1CC1)N1CCCC1. The van der Waals surface area contributed by atoms with Gasteiger partial charge in [0.2, 0.25) is 0 Å². The zero-order valence-corrected chi connectivity index (χ0v) is 10.6. The predicted octanol–water partition coefficient (Wildman–Crippen LogP) is 2.25. The molecular formula is C13H26N2. The number of likely N-dealkylation sites (tertiary alicyclic amines) is 1. The molecule has 2 rings (SSSR count). The van der Waals surface area contributed by atoms with Gasteiger partial charge in [0.15, 0.2) is 0 Å². The molecule has 1 N–H and O–H groups in total. The molecule has 15 heavy (non-hydrogen) atoms. The molecule has 2 heteroatoms. The van der Waals surface area contributed by atoms with E-state index in [4.69, 9.17) is 0 Å². The summed E-state index contributed by atoms with van der Waals surface area (Å²) in [7, 11) is 2.15. The molecule has 1 aliphatic heterocycles. The van der Waals surface area contributed by atoms with E-state index in [2.05, 4.69) is 31.1 Å². The average molecular weight is 210 g/mol. The lowest BCUT2D eigenvalue weighted by Gasteiger charge is -2.45. The van der Waals surface area contributed by atoms with E-state index in [9.17, 15) is 0 Å². The van der Waals surface area contributed by atoms with Gasteiger partial charge in [-0.15, -0.1) is 0 Å². The van der Waals surface area contributed by atoms with Crippen molar-refractivity contribution in [1.82, 2.24) is 10.2 Å². The Bertz CT molecular complexity index is 207. The fourth-order valence-corrected chi connectivity index (χ4v) is 3.35. The van der Waals surface area contributed by atoms with Crippen LogP contribution in [-0.2, 0) is 0 Å². The average Bonchev–Trinajstić information content (AvgIpc) is 2.92. The van der Waals surface area contributed by atoms with Gasteiger partial charge >= 0.3 is 0 Å². The Labute approximate surface area is 94.4 Å². The number of hydrogen-bond acceptors (Lipinski definition) is 2. The lowest BCUT2D eigenvalue weighted by Crippen LogP contribution is -2.58. The first kappa shape index (κ1) is 11.4. The normalized spacial score (nSPS) is 29.0. The van der Waals surface area contributed by atoms with Gasteiger partial charge in [-0.2, -0.15) is 0 Å². The van der Waals surface area contributed by atoms with E-state index >= 15 is 0 Å². The van der Waals surface area contributed by atoms with Crippen LogP contribution in [0.5, 0.6) is 0 Å². The minimum atomic E-state index is 0.395. The van der Waals surface area contributed by atoms with E-state index in [0.717, 1.165) is 5.92 Å². The standard InChI is InChI=1S/C13H26N2/c1-4-13(2,15-9-5-6-10-15)12(14-3)11-7-8-11/h11-12,14H,4-10H2,1-3H3. The molecule has 2 unspecified atom stereocenters. The maximum absolute atomic E-state index is 3.59. The van der Waals surface area contributed by atoms with Crippen molar-refractivity contribution in [2.75, 3.05) is 20.1 Å². The minimum absolute atomic E-state index is 0.395. The second-order valence-electron chi connectivity index (χ2n) is 5.51. The molecule has 1 saturated carbocycles. The second kappa shape index (κ2) is 4.42. The van der Waals surface area contributed by atoms with E-state index in [-0.39, 0.29) is 0 Å². The van der Waals surface area contributed by atoms with Crippen LogP contribution in [0.1, 0.15) is 46.0 Å². The molecule has 1 aliphatic carbocycles. The maximum Gasteiger partial charge on any atom is 0.0334 e. The topological polar surface area (TPSA) is 15.3 Å². The van der Waals surface area contributed by atoms with Crippen molar-refractivity contribution in [1.29, 1.82) is 0 Å². The molecule has 1 saturated heterocycles. The third kappa shape index (κ3) is 2.07. The van der Waals surface area contributed by atoms with Crippen LogP contribution in [0, 0.1) is 5.92 Å². The summed E-state index contributed by atoms with van der Waals surface area (Å²) in [4.78, 5) is 2.73. The summed E-state index contributed by atoms with van der Waals surface area (Å²) < 4.78 is 0. The van der Waals surface area contributed by atoms with Crippen molar-refractivity contribution in [3.05, 3.63) is 0 Å². The molecule has 2 aliphatic rings. The van der Waals surface area contributed by atoms with Crippen LogP contribution < -0.4 is 5.32 Å². The predicted molar refractivity (Wildman–Crippen MR) is 65.1 cm³/mol. The molecule has 2 nitrogen and oxygen atoms in total. The largest absolute Gasteiger partial charge is 0.315 e. The molecule has 0 amide bonds. The highest BCUT2D eigenvalue weighted by atomic mass is 15.2. The molecule has 0 aromatic carbocycles. The Morgan fingerprint density at radius 2 is 1.93 bits per heavy atom. The zero-order valence-electron chi connectivity index (χ0n) is 10.6. The van der Waals surface area contributed by atoms with E-state index in [1.807, 2.05) is 0 Å². The lowest BCUT2D eigenvalue weighted by molar-refractivity contribution is 0.0782. The van der Waals surface area contributed by atoms with Crippen LogP contribution in [-0.4, -0.2) is 36.6 Å². The Hall–Kier alpha value is -0.0800. The monoisotopic (exact) mass is 210 g/mol. The minimum Gasteiger partial charge on any atom is -0.315 e. The number of nitrogens with zero attached hydrogens (tertiary/aromatic N) is 1. The molecule has 0 bridgehead atoms. The van der Waals surface area contributed by atoms with E-state index in [1.165, 1.54) is 45.2 Å². The quantitative estimate of drug-likeness (QED) is 0.749. The summed E-state index contributed by atoms with van der Waals surface area (Å²) >= 11 is 0. The van der Waals surface area contributed by atoms with Gasteiger partial charge in [0.25, 0.3) is 0 Å². The summed E-state index contributed by atoms with van der Waals surface area (Å²) in [6.45, 7) is 7.45. The first-order valence-corrected chi connectivity index (χ1v) is 6.64. The fourth-order valence-electron chi connectivity index (χ4n) is 3.35. The van der Waals surface area contributed by atoms with Crippen molar-refractivity contribution in [3.63, 3.8) is 0 Å². The van der Waals surface area contributed by atoms with Gasteiger partial charge in [-0.3, -0.25) is 4.90 Å². The van der Waals surface area contributed by atoms with Crippen molar-refractivity contribution in [2.24, 2.45) is 5.92 Å². The molecule has 1 heterocycles. The third-order valence-corrected chi connectivity index (χ3v) is 4.62. The van der Waals surface area contributed by atoms with Gasteiger partial charge in [-0.1, -0.05) is 6.92 Å². The number of rotatable bonds is 5. The Morgan fingerprint density at radius 1 is 1.33 bits per heavy atom. The van der Waals surface area contributed by atoms with E-state index in [1.54, 1.807) is 0 Å². The first-order valence-electron chi connectivity index (χ1n) is 6.64. The van der Waals surface area contributed by atoms with Crippen LogP contribution >= 0.6 is 0 Å². The highest BCUT2D eigenvalue weighted by Crippen LogP contribution is 2.41. The van der Waals surface area contributed by atoms with Crippen molar-refractivity contribution < 1.29 is 0 Å². The zero-order chi connectivity index (χ0) is 10.9. The van der Waals surface area contributed by atoms with E-state index < -0.39 is 0 Å². The summed E-state index contributed by atoms with van der Waals surface area (Å²) in [5, 5.41) is 3.59. The molecular weight excluding hydrogens is 184 g/mol. The summed E-state index contributed by atoms with van der Waals surface area (Å²) in [6.07, 6.45) is 6.95. The van der Waals surface area contributed by atoms with Crippen molar-refractivity contribution in [3.8, 4) is 0 Å². The molecule has 0 aromatic rings. The Balaban J connectivity index is 2.09. The van der Waals surface area contributed by atoms with Gasteiger partial charge in [-0.05, 0) is 65.1 Å². The lowest BCUT2D eigenvalue weighted by atomic mass is 9.84. The van der Waals surface area contributed by atoms with Crippen LogP contribution in [0.4, 0.5) is 0 Å². The molecule has 0 aromatic heterocycles. The van der Waals surface area contributed by atoms with Gasteiger partial charge < -0.3 is 5.32 Å². The molecule has 0 spiro atoms. The maximum atomic E-state index is 3.59. The van der Waals surface area contributed by atoms with Crippen LogP contribution in [0.15, 0.2) is 0 Å². The van der Waals surface area contributed by atoms with Crippen molar-refractivity contribution in [2.45, 2.75) is 57.5 Å². The summed E-state index contributed by atoms with van der Waals surface area (Å²) in [5.74, 6) is 0.945. The fraction of sp³-hybridized carbons (Fsp3) is 1.00. The first-order chi connectivity index (χ1) is 7.22. The molecule has 0 radical (unpaired) electrons. The number of likely N-dealkylation sites (N-methyl/N-ethyl adjacent to an activating group) is 1. The number of hydrogen-bond donors (Lipinski definition) is 1. The van der Waals surface area contributed by atoms with Gasteiger partial charge in [-0.25, -0.2) is 0 Å². The highest BCUT2D eigenvalue weighted by molar-refractivity contribution is 5.03. The molecule has 2 atom stereocenters. The third-order valence-electron chi connectivity index (χ3n) is 4.62.